The van der Waals surface area contributed by atoms with Gasteiger partial charge in [0.05, 0.1) is 10.8 Å². The van der Waals surface area contributed by atoms with Gasteiger partial charge in [-0.05, 0) is 6.42 Å². The van der Waals surface area contributed by atoms with E-state index in [1.165, 1.54) is 0 Å². The number of allylic oxidation sites excluding steroid dienone is 2. The number of rotatable bonds is 0. The molecule has 1 saturated carbocycles. The van der Waals surface area contributed by atoms with Gasteiger partial charge >= 0.3 is 0 Å². The first-order valence-electron chi connectivity index (χ1n) is 3.70. The van der Waals surface area contributed by atoms with Crippen LogP contribution in [0.1, 0.15) is 6.42 Å². The van der Waals surface area contributed by atoms with E-state index in [4.69, 9.17) is 23.2 Å². The summed E-state index contributed by atoms with van der Waals surface area (Å²) >= 11 is 11.7. The number of halogens is 2. The monoisotopic (exact) mass is 190 g/mol. The van der Waals surface area contributed by atoms with Crippen LogP contribution in [0.5, 0.6) is 0 Å². The molecule has 60 valence electrons. The smallest absolute Gasteiger partial charge is 0.169 e. The van der Waals surface area contributed by atoms with Crippen molar-refractivity contribution >= 4 is 29.0 Å². The number of ketones is 1. The first kappa shape index (κ1) is 7.63. The van der Waals surface area contributed by atoms with E-state index < -0.39 is 0 Å². The van der Waals surface area contributed by atoms with Crippen LogP contribution in [0.25, 0.3) is 0 Å². The summed E-state index contributed by atoms with van der Waals surface area (Å²) in [7, 11) is 0. The fourth-order valence-corrected chi connectivity index (χ4v) is 2.47. The van der Waals surface area contributed by atoms with Gasteiger partial charge in [0.25, 0.3) is 0 Å². The lowest BCUT2D eigenvalue weighted by atomic mass is 9.86. The van der Waals surface area contributed by atoms with E-state index in [9.17, 15) is 4.79 Å². The van der Waals surface area contributed by atoms with Gasteiger partial charge < -0.3 is 0 Å². The van der Waals surface area contributed by atoms with Gasteiger partial charge in [0, 0.05) is 11.8 Å². The van der Waals surface area contributed by atoms with Crippen molar-refractivity contribution in [1.82, 2.24) is 0 Å². The fraction of sp³-hybridized carbons (Fsp3) is 0.625. The van der Waals surface area contributed by atoms with Crippen LogP contribution in [0.2, 0.25) is 0 Å². The Morgan fingerprint density at radius 1 is 1.18 bits per heavy atom. The number of carbonyl (C=O) groups excluding carboxylic acids is 1. The van der Waals surface area contributed by atoms with Crippen LogP contribution < -0.4 is 0 Å². The summed E-state index contributed by atoms with van der Waals surface area (Å²) in [6, 6.07) is 0. The molecule has 0 radical (unpaired) electrons. The molecule has 0 aromatic heterocycles. The molecule has 1 nitrogen and oxygen atoms in total. The molecule has 0 N–H and O–H groups in total. The van der Waals surface area contributed by atoms with E-state index >= 15 is 0 Å². The molecule has 0 heterocycles. The fourth-order valence-electron chi connectivity index (χ4n) is 1.76. The maximum absolute atomic E-state index is 11.3. The summed E-state index contributed by atoms with van der Waals surface area (Å²) < 4.78 is 0. The SMILES string of the molecule is O=C1[C@@H](Cl)[C@H]2C=CC(C2)[C@H]1Cl. The number of hydrogen-bond acceptors (Lipinski definition) is 1. The average Bonchev–Trinajstić information content (AvgIpc) is 2.44. The molecule has 1 fully saturated rings. The molecular formula is C8H8Cl2O. The third kappa shape index (κ3) is 1.02. The van der Waals surface area contributed by atoms with Gasteiger partial charge in [-0.25, -0.2) is 0 Å². The highest BCUT2D eigenvalue weighted by molar-refractivity contribution is 6.41. The number of fused-ring (bicyclic) bond motifs is 2. The van der Waals surface area contributed by atoms with Crippen molar-refractivity contribution in [1.29, 1.82) is 0 Å². The third-order valence-corrected chi connectivity index (χ3v) is 3.52. The average molecular weight is 191 g/mol. The van der Waals surface area contributed by atoms with Crippen molar-refractivity contribution < 1.29 is 4.79 Å². The van der Waals surface area contributed by atoms with Crippen molar-refractivity contribution in [2.45, 2.75) is 17.2 Å². The molecule has 3 heteroatoms. The molecule has 0 aromatic rings. The van der Waals surface area contributed by atoms with E-state index in [-0.39, 0.29) is 28.4 Å². The number of carbonyl (C=O) groups is 1. The molecule has 0 aromatic carbocycles. The molecule has 0 aliphatic heterocycles. The van der Waals surface area contributed by atoms with Crippen LogP contribution in [-0.4, -0.2) is 16.5 Å². The summed E-state index contributed by atoms with van der Waals surface area (Å²) in [5, 5.41) is -0.764. The summed E-state index contributed by atoms with van der Waals surface area (Å²) in [4.78, 5) is 11.3. The van der Waals surface area contributed by atoms with Crippen molar-refractivity contribution in [3.05, 3.63) is 12.2 Å². The van der Waals surface area contributed by atoms with Gasteiger partial charge in [-0.1, -0.05) is 12.2 Å². The van der Waals surface area contributed by atoms with Gasteiger partial charge in [-0.15, -0.1) is 23.2 Å². The predicted molar refractivity (Wildman–Crippen MR) is 45.0 cm³/mol. The van der Waals surface area contributed by atoms with E-state index in [0.717, 1.165) is 6.42 Å². The lowest BCUT2D eigenvalue weighted by Crippen LogP contribution is -2.38. The summed E-state index contributed by atoms with van der Waals surface area (Å²) in [6.45, 7) is 0. The topological polar surface area (TPSA) is 17.1 Å². The highest BCUT2D eigenvalue weighted by atomic mass is 35.5. The van der Waals surface area contributed by atoms with Gasteiger partial charge in [0.2, 0.25) is 0 Å². The molecule has 2 rings (SSSR count). The number of hydrogen-bond donors (Lipinski definition) is 0. The van der Waals surface area contributed by atoms with Crippen molar-refractivity contribution in [2.24, 2.45) is 11.8 Å². The van der Waals surface area contributed by atoms with Crippen LogP contribution in [0.15, 0.2) is 12.2 Å². The van der Waals surface area contributed by atoms with Crippen LogP contribution in [0.3, 0.4) is 0 Å². The van der Waals surface area contributed by atoms with Gasteiger partial charge in [-0.2, -0.15) is 0 Å². The van der Waals surface area contributed by atoms with E-state index in [2.05, 4.69) is 0 Å². The maximum atomic E-state index is 11.3. The standard InChI is InChI=1S/C8H8Cl2O/c9-6-4-1-2-5(3-4)7(10)8(6)11/h1-2,4-7H,3H2/t4-,5?,6-,7+/m0/s1. The number of Topliss-reactive ketones (excluding diaryl/α,β-unsaturated/α-hetero) is 1. The highest BCUT2D eigenvalue weighted by Crippen LogP contribution is 2.39. The first-order chi connectivity index (χ1) is 5.20. The maximum Gasteiger partial charge on any atom is 0.169 e. The lowest BCUT2D eigenvalue weighted by Gasteiger charge is -2.26. The first-order valence-corrected chi connectivity index (χ1v) is 4.57. The van der Waals surface area contributed by atoms with Crippen LogP contribution in [-0.2, 0) is 4.79 Å². The largest absolute Gasteiger partial charge is 0.296 e. The minimum atomic E-state index is -0.382. The summed E-state index contributed by atoms with van der Waals surface area (Å²) in [6.07, 6.45) is 4.99. The minimum absolute atomic E-state index is 0.000386. The van der Waals surface area contributed by atoms with Gasteiger partial charge in [0.15, 0.2) is 5.78 Å². The highest BCUT2D eigenvalue weighted by Gasteiger charge is 2.42. The van der Waals surface area contributed by atoms with Crippen LogP contribution >= 0.6 is 23.2 Å². The molecule has 0 amide bonds. The van der Waals surface area contributed by atoms with Crippen molar-refractivity contribution in [2.75, 3.05) is 0 Å². The number of alkyl halides is 2. The Morgan fingerprint density at radius 3 is 2.09 bits per heavy atom. The molecule has 2 aliphatic rings. The quantitative estimate of drug-likeness (QED) is 0.422. The van der Waals surface area contributed by atoms with Crippen molar-refractivity contribution in [3.63, 3.8) is 0 Å². The molecule has 2 bridgehead atoms. The summed E-state index contributed by atoms with van der Waals surface area (Å²) in [5.74, 6) is 0.480. The third-order valence-electron chi connectivity index (χ3n) is 2.45. The summed E-state index contributed by atoms with van der Waals surface area (Å²) in [5.41, 5.74) is 0. The zero-order valence-corrected chi connectivity index (χ0v) is 7.35. The molecule has 0 spiro atoms. The van der Waals surface area contributed by atoms with Gasteiger partial charge in [-0.3, -0.25) is 4.79 Å². The second kappa shape index (κ2) is 2.49. The molecule has 1 unspecified atom stereocenters. The Balaban J connectivity index is 2.29. The Kier molecular flexibility index (Phi) is 1.73. The predicted octanol–water partition coefficient (Wildman–Crippen LogP) is 1.98. The molecular weight excluding hydrogens is 183 g/mol. The Morgan fingerprint density at radius 2 is 1.64 bits per heavy atom. The van der Waals surface area contributed by atoms with E-state index in [1.807, 2.05) is 12.2 Å². The van der Waals surface area contributed by atoms with Crippen molar-refractivity contribution in [3.8, 4) is 0 Å². The van der Waals surface area contributed by atoms with Crippen LogP contribution in [0, 0.1) is 11.8 Å². The van der Waals surface area contributed by atoms with E-state index in [1.54, 1.807) is 0 Å². The zero-order chi connectivity index (χ0) is 8.01. The van der Waals surface area contributed by atoms with E-state index in [0.29, 0.717) is 0 Å². The Labute approximate surface area is 75.4 Å². The molecule has 2 aliphatic carbocycles. The minimum Gasteiger partial charge on any atom is -0.296 e. The second-order valence-electron chi connectivity index (χ2n) is 3.15. The zero-order valence-electron chi connectivity index (χ0n) is 5.84. The molecule has 4 atom stereocenters. The molecule has 0 saturated heterocycles. The molecule has 11 heavy (non-hydrogen) atoms. The second-order valence-corrected chi connectivity index (χ2v) is 4.09. The van der Waals surface area contributed by atoms with Crippen LogP contribution in [0.4, 0.5) is 0 Å². The lowest BCUT2D eigenvalue weighted by molar-refractivity contribution is -0.120. The van der Waals surface area contributed by atoms with Gasteiger partial charge in [0.1, 0.15) is 0 Å². The Hall–Kier alpha value is -0.0100. The normalized spacial score (nSPS) is 48.4. The Bertz CT molecular complexity index is 204.